The molecule has 0 saturated carbocycles. The first kappa shape index (κ1) is 16.6. The third kappa shape index (κ3) is 3.61. The van der Waals surface area contributed by atoms with Crippen molar-refractivity contribution in [3.05, 3.63) is 24.3 Å². The van der Waals surface area contributed by atoms with Crippen LogP contribution >= 0.6 is 0 Å². The van der Waals surface area contributed by atoms with Crippen LogP contribution in [0.15, 0.2) is 24.3 Å². The molecule has 2 aliphatic heterocycles. The summed E-state index contributed by atoms with van der Waals surface area (Å²) in [5, 5.41) is 5.68. The van der Waals surface area contributed by atoms with Crippen molar-refractivity contribution in [2.24, 2.45) is 5.92 Å². The third-order valence-corrected chi connectivity index (χ3v) is 4.04. The number of ether oxygens (including phenoxy) is 1. The van der Waals surface area contributed by atoms with Crippen molar-refractivity contribution < 1.29 is 27.5 Å². The van der Waals surface area contributed by atoms with Gasteiger partial charge >= 0.3 is 6.36 Å². The van der Waals surface area contributed by atoms with Gasteiger partial charge in [-0.3, -0.25) is 9.59 Å². The summed E-state index contributed by atoms with van der Waals surface area (Å²) in [5.74, 6) is -1.03. The van der Waals surface area contributed by atoms with E-state index >= 15 is 0 Å². The van der Waals surface area contributed by atoms with E-state index in [0.717, 1.165) is 6.07 Å². The first-order chi connectivity index (χ1) is 11.3. The zero-order valence-electron chi connectivity index (χ0n) is 12.6. The fourth-order valence-electron chi connectivity index (χ4n) is 2.68. The number of nitrogens with one attached hydrogen (secondary N) is 2. The first-order valence-corrected chi connectivity index (χ1v) is 7.52. The van der Waals surface area contributed by atoms with Crippen molar-refractivity contribution in [2.75, 3.05) is 24.5 Å². The van der Waals surface area contributed by atoms with Crippen molar-refractivity contribution >= 4 is 17.5 Å². The minimum Gasteiger partial charge on any atom is -0.406 e. The molecular weight excluding hydrogens is 327 g/mol. The maximum atomic E-state index is 12.4. The van der Waals surface area contributed by atoms with Gasteiger partial charge in [0.25, 0.3) is 0 Å². The van der Waals surface area contributed by atoms with Crippen LogP contribution in [0.1, 0.15) is 6.42 Å². The predicted octanol–water partition coefficient (Wildman–Crippen LogP) is 1.03. The van der Waals surface area contributed by atoms with E-state index in [9.17, 15) is 22.8 Å². The lowest BCUT2D eigenvalue weighted by molar-refractivity contribution is -0.274. The SMILES string of the molecule is O=C(NC1CCN(c2cccc(OC(F)(F)F)c2)C1=O)C1CNC1. The number of carbonyl (C=O) groups is 2. The van der Waals surface area contributed by atoms with Crippen LogP contribution in [0, 0.1) is 5.92 Å². The van der Waals surface area contributed by atoms with Crippen molar-refractivity contribution in [1.29, 1.82) is 0 Å². The average molecular weight is 343 g/mol. The van der Waals surface area contributed by atoms with Gasteiger partial charge in [0, 0.05) is 31.4 Å². The maximum absolute atomic E-state index is 12.4. The Bertz CT molecular complexity index is 646. The number of nitrogens with zero attached hydrogens (tertiary/aromatic N) is 1. The number of alkyl halides is 3. The lowest BCUT2D eigenvalue weighted by atomic mass is 10.0. The van der Waals surface area contributed by atoms with Gasteiger partial charge in [0.2, 0.25) is 11.8 Å². The molecule has 2 aliphatic rings. The number of hydrogen-bond acceptors (Lipinski definition) is 4. The summed E-state index contributed by atoms with van der Waals surface area (Å²) in [7, 11) is 0. The summed E-state index contributed by atoms with van der Waals surface area (Å²) in [6, 6.07) is 4.59. The zero-order valence-corrected chi connectivity index (χ0v) is 12.6. The van der Waals surface area contributed by atoms with Gasteiger partial charge in [-0.1, -0.05) is 6.07 Å². The van der Waals surface area contributed by atoms with E-state index in [1.165, 1.54) is 23.1 Å². The Morgan fingerprint density at radius 3 is 2.71 bits per heavy atom. The number of rotatable bonds is 4. The average Bonchev–Trinajstić information content (AvgIpc) is 2.76. The number of amides is 2. The number of hydrogen-bond donors (Lipinski definition) is 2. The van der Waals surface area contributed by atoms with Gasteiger partial charge in [-0.25, -0.2) is 0 Å². The molecule has 2 saturated heterocycles. The highest BCUT2D eigenvalue weighted by Crippen LogP contribution is 2.29. The molecule has 1 aromatic rings. The number of benzene rings is 1. The highest BCUT2D eigenvalue weighted by Gasteiger charge is 2.36. The second kappa shape index (κ2) is 6.31. The lowest BCUT2D eigenvalue weighted by Gasteiger charge is -2.27. The monoisotopic (exact) mass is 343 g/mol. The maximum Gasteiger partial charge on any atom is 0.573 e. The zero-order chi connectivity index (χ0) is 17.3. The summed E-state index contributed by atoms with van der Waals surface area (Å²) in [5.41, 5.74) is 0.309. The molecule has 0 aromatic heterocycles. The molecule has 1 unspecified atom stereocenters. The van der Waals surface area contributed by atoms with Gasteiger partial charge in [0.1, 0.15) is 11.8 Å². The number of halogens is 3. The van der Waals surface area contributed by atoms with E-state index in [0.29, 0.717) is 31.7 Å². The van der Waals surface area contributed by atoms with Crippen molar-refractivity contribution in [3.8, 4) is 5.75 Å². The summed E-state index contributed by atoms with van der Waals surface area (Å²) >= 11 is 0. The second-order valence-electron chi connectivity index (χ2n) is 5.74. The van der Waals surface area contributed by atoms with Crippen molar-refractivity contribution in [3.63, 3.8) is 0 Å². The van der Waals surface area contributed by atoms with Crippen LogP contribution in [0.25, 0.3) is 0 Å². The van der Waals surface area contributed by atoms with Crippen LogP contribution in [0.4, 0.5) is 18.9 Å². The molecule has 2 N–H and O–H groups in total. The quantitative estimate of drug-likeness (QED) is 0.857. The fraction of sp³-hybridized carbons (Fsp3) is 0.467. The summed E-state index contributed by atoms with van der Waals surface area (Å²) < 4.78 is 40.7. The number of anilines is 1. The van der Waals surface area contributed by atoms with Crippen LogP contribution in [-0.4, -0.2) is 43.9 Å². The van der Waals surface area contributed by atoms with Crippen molar-refractivity contribution in [1.82, 2.24) is 10.6 Å². The van der Waals surface area contributed by atoms with Crippen LogP contribution < -0.4 is 20.3 Å². The molecule has 1 atom stereocenters. The molecule has 24 heavy (non-hydrogen) atoms. The Labute approximate surface area is 135 Å². The van der Waals surface area contributed by atoms with E-state index in [2.05, 4.69) is 15.4 Å². The van der Waals surface area contributed by atoms with E-state index in [-0.39, 0.29) is 23.5 Å². The highest BCUT2D eigenvalue weighted by molar-refractivity contribution is 6.01. The molecule has 6 nitrogen and oxygen atoms in total. The standard InChI is InChI=1S/C15H16F3N3O3/c16-15(17,18)24-11-3-1-2-10(6-11)21-5-4-12(14(21)23)20-13(22)9-7-19-8-9/h1-3,6,9,12,19H,4-5,7-8H2,(H,20,22). The smallest absolute Gasteiger partial charge is 0.406 e. The minimum atomic E-state index is -4.79. The Morgan fingerprint density at radius 1 is 1.33 bits per heavy atom. The Balaban J connectivity index is 1.66. The fourth-order valence-corrected chi connectivity index (χ4v) is 2.68. The largest absolute Gasteiger partial charge is 0.573 e. The summed E-state index contributed by atoms with van der Waals surface area (Å²) in [4.78, 5) is 25.7. The first-order valence-electron chi connectivity index (χ1n) is 7.52. The molecule has 2 heterocycles. The highest BCUT2D eigenvalue weighted by atomic mass is 19.4. The van der Waals surface area contributed by atoms with E-state index in [1.807, 2.05) is 0 Å². The van der Waals surface area contributed by atoms with Crippen LogP contribution in [0.3, 0.4) is 0 Å². The van der Waals surface area contributed by atoms with Gasteiger partial charge in [-0.15, -0.1) is 13.2 Å². The lowest BCUT2D eigenvalue weighted by Crippen LogP contribution is -2.54. The van der Waals surface area contributed by atoms with Gasteiger partial charge < -0.3 is 20.3 Å². The molecule has 0 bridgehead atoms. The van der Waals surface area contributed by atoms with Gasteiger partial charge in [0.05, 0.1) is 5.92 Å². The minimum absolute atomic E-state index is 0.129. The predicted molar refractivity (Wildman–Crippen MR) is 78.4 cm³/mol. The van der Waals surface area contributed by atoms with Gasteiger partial charge in [0.15, 0.2) is 0 Å². The van der Waals surface area contributed by atoms with Crippen LogP contribution in [-0.2, 0) is 9.59 Å². The molecule has 3 rings (SSSR count). The topological polar surface area (TPSA) is 70.7 Å². The second-order valence-corrected chi connectivity index (χ2v) is 5.74. The molecule has 1 aromatic carbocycles. The van der Waals surface area contributed by atoms with Gasteiger partial charge in [-0.2, -0.15) is 0 Å². The molecule has 130 valence electrons. The molecule has 0 aliphatic carbocycles. The normalized spacial score (nSPS) is 21.5. The van der Waals surface area contributed by atoms with Gasteiger partial charge in [-0.05, 0) is 18.6 Å². The molecule has 2 amide bonds. The summed E-state index contributed by atoms with van der Waals surface area (Å²) in [6.07, 6.45) is -4.38. The Hall–Kier alpha value is -2.29. The Morgan fingerprint density at radius 2 is 2.08 bits per heavy atom. The van der Waals surface area contributed by atoms with Crippen LogP contribution in [0.2, 0.25) is 0 Å². The van der Waals surface area contributed by atoms with E-state index < -0.39 is 12.4 Å². The Kier molecular flexibility index (Phi) is 4.35. The molecule has 0 spiro atoms. The van der Waals surface area contributed by atoms with E-state index in [1.54, 1.807) is 0 Å². The van der Waals surface area contributed by atoms with Crippen LogP contribution in [0.5, 0.6) is 5.75 Å². The number of carbonyl (C=O) groups excluding carboxylic acids is 2. The third-order valence-electron chi connectivity index (χ3n) is 4.04. The molecular formula is C15H16F3N3O3. The van der Waals surface area contributed by atoms with E-state index in [4.69, 9.17) is 0 Å². The summed E-state index contributed by atoms with van der Waals surface area (Å²) in [6.45, 7) is 1.50. The molecule has 0 radical (unpaired) electrons. The molecule has 2 fully saturated rings. The molecule has 9 heteroatoms. The van der Waals surface area contributed by atoms with Crippen molar-refractivity contribution in [2.45, 2.75) is 18.8 Å².